The zero-order chi connectivity index (χ0) is 24.4. The molecule has 1 aromatic heterocycles. The van der Waals surface area contributed by atoms with Gasteiger partial charge in [-0.15, -0.1) is 10.2 Å². The van der Waals surface area contributed by atoms with Crippen molar-refractivity contribution in [3.8, 4) is 17.0 Å². The molecule has 2 fully saturated rings. The van der Waals surface area contributed by atoms with Crippen molar-refractivity contribution in [3.05, 3.63) is 60.4 Å². The first-order valence-electron chi connectivity index (χ1n) is 11.7. The normalized spacial score (nSPS) is 17.1. The lowest BCUT2D eigenvalue weighted by Crippen LogP contribution is -2.47. The van der Waals surface area contributed by atoms with Gasteiger partial charge in [-0.25, -0.2) is 12.8 Å². The molecule has 184 valence electrons. The highest BCUT2D eigenvalue weighted by Gasteiger charge is 2.30. The van der Waals surface area contributed by atoms with Crippen LogP contribution in [0.3, 0.4) is 0 Å². The SMILES string of the molecule is COc1ccc(-c2ccc(N3CCN(c4ccccc4F)CC3)nn2)cc1S(=O)(=O)N1CCCC1. The molecular formula is C25H28FN5O3S. The molecule has 0 saturated carbocycles. The minimum atomic E-state index is -3.65. The third-order valence-corrected chi connectivity index (χ3v) is 8.51. The molecule has 2 aliphatic heterocycles. The number of para-hydroxylation sites is 1. The standard InChI is InChI=1S/C25H28FN5O3S/c1-34-23-10-8-19(18-24(23)35(32,33)31-12-4-5-13-31)21-9-11-25(28-27-21)30-16-14-29(15-17-30)22-7-3-2-6-20(22)26/h2-3,6-11,18H,4-5,12-17H2,1H3. The van der Waals surface area contributed by atoms with E-state index in [-0.39, 0.29) is 10.7 Å². The quantitative estimate of drug-likeness (QED) is 0.517. The van der Waals surface area contributed by atoms with Crippen LogP contribution in [0.2, 0.25) is 0 Å². The van der Waals surface area contributed by atoms with Crippen LogP contribution >= 0.6 is 0 Å². The Labute approximate surface area is 205 Å². The zero-order valence-electron chi connectivity index (χ0n) is 19.6. The van der Waals surface area contributed by atoms with Gasteiger partial charge >= 0.3 is 0 Å². The molecule has 10 heteroatoms. The lowest BCUT2D eigenvalue weighted by Gasteiger charge is -2.36. The predicted octanol–water partition coefficient (Wildman–Crippen LogP) is 3.40. The van der Waals surface area contributed by atoms with Crippen molar-refractivity contribution in [2.75, 3.05) is 56.2 Å². The Morgan fingerprint density at radius 1 is 0.857 bits per heavy atom. The number of aromatic nitrogens is 2. The summed E-state index contributed by atoms with van der Waals surface area (Å²) in [4.78, 5) is 4.30. The Bertz CT molecular complexity index is 1290. The van der Waals surface area contributed by atoms with Gasteiger partial charge in [0.1, 0.15) is 16.5 Å². The van der Waals surface area contributed by atoms with Crippen LogP contribution in [0.1, 0.15) is 12.8 Å². The van der Waals surface area contributed by atoms with Crippen LogP contribution in [-0.4, -0.2) is 69.3 Å². The van der Waals surface area contributed by atoms with Gasteiger partial charge in [-0.05, 0) is 55.3 Å². The molecule has 0 atom stereocenters. The van der Waals surface area contributed by atoms with E-state index in [1.807, 2.05) is 23.1 Å². The molecule has 0 amide bonds. The van der Waals surface area contributed by atoms with Gasteiger partial charge in [0.25, 0.3) is 0 Å². The van der Waals surface area contributed by atoms with Crippen molar-refractivity contribution in [2.24, 2.45) is 0 Å². The molecule has 3 aromatic rings. The number of piperazine rings is 1. The Kier molecular flexibility index (Phi) is 6.57. The van der Waals surface area contributed by atoms with Gasteiger partial charge < -0.3 is 14.5 Å². The number of anilines is 2. The van der Waals surface area contributed by atoms with E-state index in [1.54, 1.807) is 30.3 Å². The lowest BCUT2D eigenvalue weighted by molar-refractivity contribution is 0.398. The molecule has 0 bridgehead atoms. The number of ether oxygens (including phenoxy) is 1. The fraction of sp³-hybridized carbons (Fsp3) is 0.360. The highest BCUT2D eigenvalue weighted by atomic mass is 32.2. The highest BCUT2D eigenvalue weighted by molar-refractivity contribution is 7.89. The van der Waals surface area contributed by atoms with Crippen molar-refractivity contribution in [2.45, 2.75) is 17.7 Å². The van der Waals surface area contributed by atoms with Gasteiger partial charge in [0, 0.05) is 44.8 Å². The van der Waals surface area contributed by atoms with Crippen LogP contribution in [0.4, 0.5) is 15.9 Å². The summed E-state index contributed by atoms with van der Waals surface area (Å²) >= 11 is 0. The second-order valence-corrected chi connectivity index (χ2v) is 10.6. The molecule has 3 heterocycles. The number of benzene rings is 2. The second kappa shape index (κ2) is 9.79. The van der Waals surface area contributed by atoms with E-state index in [1.165, 1.54) is 17.5 Å². The topological polar surface area (TPSA) is 78.9 Å². The van der Waals surface area contributed by atoms with Crippen LogP contribution in [0, 0.1) is 5.82 Å². The van der Waals surface area contributed by atoms with Crippen LogP contribution < -0.4 is 14.5 Å². The molecule has 0 N–H and O–H groups in total. The summed E-state index contributed by atoms with van der Waals surface area (Å²) < 4.78 is 47.3. The van der Waals surface area contributed by atoms with Crippen LogP contribution in [-0.2, 0) is 10.0 Å². The first kappa shape index (κ1) is 23.5. The predicted molar refractivity (Wildman–Crippen MR) is 133 cm³/mol. The smallest absolute Gasteiger partial charge is 0.246 e. The maximum atomic E-state index is 14.1. The summed E-state index contributed by atoms with van der Waals surface area (Å²) in [7, 11) is -2.18. The van der Waals surface area contributed by atoms with E-state index in [9.17, 15) is 12.8 Å². The zero-order valence-corrected chi connectivity index (χ0v) is 20.4. The van der Waals surface area contributed by atoms with Crippen molar-refractivity contribution >= 4 is 21.5 Å². The van der Waals surface area contributed by atoms with Gasteiger partial charge in [-0.1, -0.05) is 12.1 Å². The largest absolute Gasteiger partial charge is 0.495 e. The number of methoxy groups -OCH3 is 1. The molecule has 2 saturated heterocycles. The Hall–Kier alpha value is -3.24. The fourth-order valence-electron chi connectivity index (χ4n) is 4.64. The van der Waals surface area contributed by atoms with E-state index < -0.39 is 10.0 Å². The molecule has 35 heavy (non-hydrogen) atoms. The third kappa shape index (κ3) is 4.68. The van der Waals surface area contributed by atoms with E-state index in [4.69, 9.17) is 4.74 Å². The molecule has 0 unspecified atom stereocenters. The Balaban J connectivity index is 1.32. The van der Waals surface area contributed by atoms with Gasteiger partial charge in [0.2, 0.25) is 10.0 Å². The molecule has 0 radical (unpaired) electrons. The van der Waals surface area contributed by atoms with E-state index >= 15 is 0 Å². The average Bonchev–Trinajstić information content (AvgIpc) is 3.45. The summed E-state index contributed by atoms with van der Waals surface area (Å²) in [5, 5.41) is 8.78. The average molecular weight is 498 g/mol. The second-order valence-electron chi connectivity index (χ2n) is 8.68. The van der Waals surface area contributed by atoms with Crippen LogP contribution in [0.15, 0.2) is 59.5 Å². The summed E-state index contributed by atoms with van der Waals surface area (Å²) in [6.07, 6.45) is 1.73. The molecule has 2 aromatic carbocycles. The first-order valence-corrected chi connectivity index (χ1v) is 13.2. The number of sulfonamides is 1. The molecule has 5 rings (SSSR count). The number of rotatable bonds is 6. The molecular weight excluding hydrogens is 469 g/mol. The molecule has 2 aliphatic rings. The number of hydrogen-bond donors (Lipinski definition) is 0. The maximum absolute atomic E-state index is 14.1. The molecule has 8 nitrogen and oxygen atoms in total. The first-order chi connectivity index (χ1) is 17.0. The van der Waals surface area contributed by atoms with Crippen molar-refractivity contribution in [1.29, 1.82) is 0 Å². The van der Waals surface area contributed by atoms with Gasteiger partial charge in [-0.2, -0.15) is 4.31 Å². The summed E-state index contributed by atoms with van der Waals surface area (Å²) in [6.45, 7) is 3.80. The van der Waals surface area contributed by atoms with E-state index in [0.29, 0.717) is 62.0 Å². The highest BCUT2D eigenvalue weighted by Crippen LogP contribution is 2.33. The summed E-state index contributed by atoms with van der Waals surface area (Å²) in [5.41, 5.74) is 1.86. The van der Waals surface area contributed by atoms with Gasteiger partial charge in [-0.3, -0.25) is 0 Å². The number of hydrogen-bond acceptors (Lipinski definition) is 7. The number of nitrogens with zero attached hydrogens (tertiary/aromatic N) is 5. The molecule has 0 spiro atoms. The Morgan fingerprint density at radius 2 is 1.57 bits per heavy atom. The summed E-state index contributed by atoms with van der Waals surface area (Å²) in [5.74, 6) is 0.842. The van der Waals surface area contributed by atoms with Crippen LogP contribution in [0.25, 0.3) is 11.3 Å². The van der Waals surface area contributed by atoms with E-state index in [0.717, 1.165) is 18.7 Å². The number of halogens is 1. The van der Waals surface area contributed by atoms with Gasteiger partial charge in [0.05, 0.1) is 18.5 Å². The van der Waals surface area contributed by atoms with Crippen molar-refractivity contribution < 1.29 is 17.5 Å². The van der Waals surface area contributed by atoms with Crippen molar-refractivity contribution in [3.63, 3.8) is 0 Å². The fourth-order valence-corrected chi connectivity index (χ4v) is 6.34. The van der Waals surface area contributed by atoms with Gasteiger partial charge in [0.15, 0.2) is 5.82 Å². The lowest BCUT2D eigenvalue weighted by atomic mass is 10.1. The Morgan fingerprint density at radius 3 is 2.23 bits per heavy atom. The third-order valence-electron chi connectivity index (χ3n) is 6.59. The minimum absolute atomic E-state index is 0.148. The molecule has 0 aliphatic carbocycles. The maximum Gasteiger partial charge on any atom is 0.246 e. The minimum Gasteiger partial charge on any atom is -0.495 e. The monoisotopic (exact) mass is 497 g/mol. The van der Waals surface area contributed by atoms with Crippen molar-refractivity contribution in [1.82, 2.24) is 14.5 Å². The summed E-state index contributed by atoms with van der Waals surface area (Å²) in [6, 6.07) is 15.6. The van der Waals surface area contributed by atoms with E-state index in [2.05, 4.69) is 15.1 Å². The van der Waals surface area contributed by atoms with Crippen LogP contribution in [0.5, 0.6) is 5.75 Å².